The molecule has 1 fully saturated rings. The molecule has 1 N–H and O–H groups in total. The van der Waals surface area contributed by atoms with Crippen LogP contribution in [0.2, 0.25) is 0 Å². The summed E-state index contributed by atoms with van der Waals surface area (Å²) in [5.74, 6) is 0.319. The first-order valence-electron chi connectivity index (χ1n) is 11.0. The van der Waals surface area contributed by atoms with Gasteiger partial charge in [-0.15, -0.1) is 0 Å². The fraction of sp³-hybridized carbons (Fsp3) is 0.440. The Balaban J connectivity index is 0.000000994. The predicted octanol–water partition coefficient (Wildman–Crippen LogP) is 5.29. The maximum atomic E-state index is 12.2. The van der Waals surface area contributed by atoms with Crippen LogP contribution < -0.4 is 5.32 Å². The highest BCUT2D eigenvalue weighted by Crippen LogP contribution is 2.37. The largest absolute Gasteiger partial charge is 0.340 e. The number of benzene rings is 2. The maximum absolute atomic E-state index is 12.2. The van der Waals surface area contributed by atoms with Gasteiger partial charge < -0.3 is 9.88 Å². The van der Waals surface area contributed by atoms with Crippen LogP contribution in [-0.4, -0.2) is 28.7 Å². The molecule has 3 aromatic rings. The number of carbonyl (C=O) groups excluding carboxylic acids is 2. The zero-order chi connectivity index (χ0) is 20.5. The van der Waals surface area contributed by atoms with Crippen molar-refractivity contribution in [2.45, 2.75) is 65.5 Å². The first kappa shape index (κ1) is 19.8. The Hall–Kier alpha value is -2.46. The van der Waals surface area contributed by atoms with Gasteiger partial charge in [0.2, 0.25) is 0 Å². The average molecular weight is 391 g/mol. The van der Waals surface area contributed by atoms with Crippen molar-refractivity contribution in [3.05, 3.63) is 47.0 Å². The molecule has 5 rings (SSSR count). The van der Waals surface area contributed by atoms with Crippen molar-refractivity contribution in [3.63, 3.8) is 0 Å². The Kier molecular flexibility index (Phi) is 5.55. The van der Waals surface area contributed by atoms with Crippen molar-refractivity contribution < 1.29 is 9.59 Å². The summed E-state index contributed by atoms with van der Waals surface area (Å²) in [6.07, 6.45) is 5.09. The molecule has 2 aliphatic rings. The van der Waals surface area contributed by atoms with Crippen molar-refractivity contribution in [1.29, 1.82) is 0 Å². The van der Waals surface area contributed by atoms with E-state index in [1.807, 2.05) is 32.0 Å². The Morgan fingerprint density at radius 3 is 2.59 bits per heavy atom. The fourth-order valence-corrected chi connectivity index (χ4v) is 4.45. The molecule has 2 aliphatic carbocycles. The zero-order valence-corrected chi connectivity index (χ0v) is 17.7. The molecule has 1 saturated carbocycles. The maximum Gasteiger partial charge on any atom is 0.163 e. The minimum absolute atomic E-state index is 0.0788. The number of carbonyl (C=O) groups is 2. The highest BCUT2D eigenvalue weighted by atomic mass is 16.1. The lowest BCUT2D eigenvalue weighted by Gasteiger charge is -2.09. The number of ketones is 2. The normalized spacial score (nSPS) is 15.5. The number of aromatic nitrogens is 1. The number of nitrogens with one attached hydrogen (secondary N) is 1. The van der Waals surface area contributed by atoms with Crippen LogP contribution in [0.5, 0.6) is 0 Å². The molecule has 0 radical (unpaired) electrons. The van der Waals surface area contributed by atoms with Crippen LogP contribution in [0.3, 0.4) is 0 Å². The van der Waals surface area contributed by atoms with Crippen molar-refractivity contribution >= 4 is 33.4 Å². The van der Waals surface area contributed by atoms with Crippen LogP contribution in [0.4, 0.5) is 0 Å². The van der Waals surface area contributed by atoms with Gasteiger partial charge in [-0.25, -0.2) is 0 Å². The predicted molar refractivity (Wildman–Crippen MR) is 119 cm³/mol. The third-order valence-corrected chi connectivity index (χ3v) is 6.02. The molecule has 0 amide bonds. The van der Waals surface area contributed by atoms with Gasteiger partial charge >= 0.3 is 0 Å². The second kappa shape index (κ2) is 8.11. The minimum atomic E-state index is 0.0788. The quantitative estimate of drug-likeness (QED) is 0.459. The smallest absolute Gasteiger partial charge is 0.163 e. The Morgan fingerprint density at radius 2 is 1.86 bits per heavy atom. The molecule has 0 unspecified atom stereocenters. The van der Waals surface area contributed by atoms with Crippen molar-refractivity contribution in [2.24, 2.45) is 0 Å². The van der Waals surface area contributed by atoms with Crippen molar-refractivity contribution in [2.75, 3.05) is 6.54 Å². The van der Waals surface area contributed by atoms with E-state index in [1.54, 1.807) is 6.92 Å². The lowest BCUT2D eigenvalue weighted by atomic mass is 10.0. The monoisotopic (exact) mass is 390 g/mol. The standard InChI is InChI=1S/C23H24N2O2.C2H6/c1-14(26)15-3-8-20-19(13-15)23-18-7-10-22(27)17(18)6-9-21(23)25(20)12-2-11-24-16-4-5-16;1-2/h3,6,8-9,13,16,24H,2,4-5,7,10-12H2,1H3;1-2H3. The van der Waals surface area contributed by atoms with E-state index in [1.165, 1.54) is 23.7 Å². The van der Waals surface area contributed by atoms with Gasteiger partial charge in [-0.3, -0.25) is 9.59 Å². The third-order valence-electron chi connectivity index (χ3n) is 6.02. The Labute approximate surface area is 172 Å². The minimum Gasteiger partial charge on any atom is -0.340 e. The van der Waals surface area contributed by atoms with Crippen LogP contribution in [-0.2, 0) is 13.0 Å². The van der Waals surface area contributed by atoms with E-state index < -0.39 is 0 Å². The van der Waals surface area contributed by atoms with Crippen molar-refractivity contribution in [1.82, 2.24) is 9.88 Å². The second-order valence-electron chi connectivity index (χ2n) is 7.93. The molecular weight excluding hydrogens is 360 g/mol. The Morgan fingerprint density at radius 1 is 1.10 bits per heavy atom. The van der Waals surface area contributed by atoms with Gasteiger partial charge in [-0.1, -0.05) is 13.8 Å². The number of nitrogens with zero attached hydrogens (tertiary/aromatic N) is 1. The van der Waals surface area contributed by atoms with E-state index in [4.69, 9.17) is 0 Å². The summed E-state index contributed by atoms with van der Waals surface area (Å²) in [5.41, 5.74) is 5.11. The lowest BCUT2D eigenvalue weighted by Crippen LogP contribution is -2.18. The lowest BCUT2D eigenvalue weighted by molar-refractivity contribution is 0.0991. The molecule has 1 aromatic heterocycles. The number of aryl methyl sites for hydroxylation is 2. The van der Waals surface area contributed by atoms with Gasteiger partial charge in [0.05, 0.1) is 0 Å². The fourth-order valence-electron chi connectivity index (χ4n) is 4.45. The molecule has 29 heavy (non-hydrogen) atoms. The number of rotatable bonds is 6. The molecule has 0 saturated heterocycles. The molecular formula is C25H30N2O2. The molecule has 0 aliphatic heterocycles. The number of hydrogen-bond donors (Lipinski definition) is 1. The summed E-state index contributed by atoms with van der Waals surface area (Å²) >= 11 is 0. The molecule has 0 spiro atoms. The van der Waals surface area contributed by atoms with Gasteiger partial charge in [0.15, 0.2) is 11.6 Å². The molecule has 0 atom stereocenters. The van der Waals surface area contributed by atoms with Gasteiger partial charge in [-0.05, 0) is 75.0 Å². The molecule has 2 aromatic carbocycles. The molecule has 152 valence electrons. The van der Waals surface area contributed by atoms with E-state index in [0.29, 0.717) is 6.42 Å². The Bertz CT molecular complexity index is 1090. The van der Waals surface area contributed by atoms with Gasteiger partial charge in [-0.2, -0.15) is 0 Å². The van der Waals surface area contributed by atoms with Gasteiger partial charge in [0, 0.05) is 51.9 Å². The van der Waals surface area contributed by atoms with E-state index in [9.17, 15) is 9.59 Å². The summed E-state index contributed by atoms with van der Waals surface area (Å²) in [6, 6.07) is 10.8. The van der Waals surface area contributed by atoms with Crippen LogP contribution in [0, 0.1) is 0 Å². The highest BCUT2D eigenvalue weighted by molar-refractivity contribution is 6.16. The van der Waals surface area contributed by atoms with Crippen LogP contribution >= 0.6 is 0 Å². The van der Waals surface area contributed by atoms with Crippen LogP contribution in [0.15, 0.2) is 30.3 Å². The summed E-state index contributed by atoms with van der Waals surface area (Å²) in [6.45, 7) is 7.57. The van der Waals surface area contributed by atoms with Crippen molar-refractivity contribution in [3.8, 4) is 0 Å². The van der Waals surface area contributed by atoms with E-state index in [-0.39, 0.29) is 11.6 Å². The van der Waals surface area contributed by atoms with E-state index >= 15 is 0 Å². The number of hydrogen-bond acceptors (Lipinski definition) is 3. The second-order valence-corrected chi connectivity index (χ2v) is 7.93. The summed E-state index contributed by atoms with van der Waals surface area (Å²) in [4.78, 5) is 24.2. The number of Topliss-reactive ketones (excluding diaryl/α,β-unsaturated/α-hetero) is 2. The van der Waals surface area contributed by atoms with Crippen LogP contribution in [0.25, 0.3) is 21.8 Å². The van der Waals surface area contributed by atoms with E-state index in [0.717, 1.165) is 59.6 Å². The molecule has 0 bridgehead atoms. The molecule has 4 heteroatoms. The third kappa shape index (κ3) is 3.62. The summed E-state index contributed by atoms with van der Waals surface area (Å²) < 4.78 is 2.37. The summed E-state index contributed by atoms with van der Waals surface area (Å²) in [5, 5.41) is 5.87. The molecule has 1 heterocycles. The topological polar surface area (TPSA) is 51.1 Å². The summed E-state index contributed by atoms with van der Waals surface area (Å²) in [7, 11) is 0. The first-order chi connectivity index (χ1) is 14.1. The van der Waals surface area contributed by atoms with Crippen LogP contribution in [0.1, 0.15) is 72.7 Å². The zero-order valence-electron chi connectivity index (χ0n) is 17.7. The van der Waals surface area contributed by atoms with E-state index in [2.05, 4.69) is 22.0 Å². The van der Waals surface area contributed by atoms with Gasteiger partial charge in [0.25, 0.3) is 0 Å². The number of fused-ring (bicyclic) bond motifs is 5. The highest BCUT2D eigenvalue weighted by Gasteiger charge is 2.25. The average Bonchev–Trinajstić information content (AvgIpc) is 3.42. The first-order valence-corrected chi connectivity index (χ1v) is 11.0. The van der Waals surface area contributed by atoms with Gasteiger partial charge in [0.1, 0.15) is 0 Å². The molecule has 4 nitrogen and oxygen atoms in total. The SMILES string of the molecule is CC.CC(=O)c1ccc2c(c1)c1c3c(ccc1n2CCCNC1CC1)C(=O)CC3.